The molecule has 1 aliphatic heterocycles. The first-order valence-corrected chi connectivity index (χ1v) is 12.8. The van der Waals surface area contributed by atoms with E-state index >= 15 is 0 Å². The molecule has 1 aliphatic carbocycles. The van der Waals surface area contributed by atoms with Crippen molar-refractivity contribution in [2.75, 3.05) is 11.9 Å². The summed E-state index contributed by atoms with van der Waals surface area (Å²) in [6.07, 6.45) is 6.30. The summed E-state index contributed by atoms with van der Waals surface area (Å²) in [7, 11) is 0. The molecular formula is C28H32N8O2. The Morgan fingerprint density at radius 1 is 1.16 bits per heavy atom. The minimum atomic E-state index is -1.00. The summed E-state index contributed by atoms with van der Waals surface area (Å²) >= 11 is 0. The molecule has 0 radical (unpaired) electrons. The first-order valence-electron chi connectivity index (χ1n) is 12.8. The van der Waals surface area contributed by atoms with Crippen molar-refractivity contribution in [2.24, 2.45) is 22.7 Å². The minimum Gasteiger partial charge on any atom is -0.371 e. The van der Waals surface area contributed by atoms with Crippen molar-refractivity contribution in [3.05, 3.63) is 54.9 Å². The molecule has 38 heavy (non-hydrogen) atoms. The third-order valence-corrected chi connectivity index (χ3v) is 8.03. The lowest BCUT2D eigenvalue weighted by molar-refractivity contribution is -0.142. The van der Waals surface area contributed by atoms with E-state index in [9.17, 15) is 14.9 Å². The number of fused-ring (bicyclic) bond motifs is 2. The van der Waals surface area contributed by atoms with E-state index in [4.69, 9.17) is 0 Å². The van der Waals surface area contributed by atoms with Gasteiger partial charge >= 0.3 is 0 Å². The van der Waals surface area contributed by atoms with Gasteiger partial charge in [-0.3, -0.25) is 9.59 Å². The fourth-order valence-corrected chi connectivity index (χ4v) is 5.82. The molecule has 196 valence electrons. The summed E-state index contributed by atoms with van der Waals surface area (Å²) in [6.45, 7) is 10.7. The number of piperidine rings is 1. The molecule has 2 fully saturated rings. The van der Waals surface area contributed by atoms with Crippen LogP contribution in [0.2, 0.25) is 0 Å². The Balaban J connectivity index is 1.43. The van der Waals surface area contributed by atoms with Crippen LogP contribution in [0.4, 0.5) is 5.69 Å². The highest BCUT2D eigenvalue weighted by molar-refractivity contribution is 5.94. The molecule has 2 unspecified atom stereocenters. The molecule has 2 amide bonds. The summed E-state index contributed by atoms with van der Waals surface area (Å²) in [5.74, 6) is -0.304. The Kier molecular flexibility index (Phi) is 6.25. The minimum absolute atomic E-state index is 0.00470. The number of benzene rings is 1. The number of hydrogen-bond acceptors (Lipinski definition) is 8. The average molecular weight is 513 g/mol. The van der Waals surface area contributed by atoms with Gasteiger partial charge in [0.2, 0.25) is 11.8 Å². The molecule has 3 heterocycles. The molecule has 5 atom stereocenters. The largest absolute Gasteiger partial charge is 0.371 e. The number of anilines is 1. The van der Waals surface area contributed by atoms with E-state index < -0.39 is 23.5 Å². The van der Waals surface area contributed by atoms with E-state index in [1.807, 2.05) is 45.0 Å². The van der Waals surface area contributed by atoms with E-state index in [2.05, 4.69) is 50.7 Å². The number of nitrogens with zero attached hydrogens (tertiary/aromatic N) is 6. The molecule has 2 aromatic heterocycles. The van der Waals surface area contributed by atoms with Gasteiger partial charge < -0.3 is 15.5 Å². The van der Waals surface area contributed by atoms with Crippen LogP contribution in [-0.4, -0.2) is 55.5 Å². The van der Waals surface area contributed by atoms with Crippen LogP contribution in [0.5, 0.6) is 0 Å². The van der Waals surface area contributed by atoms with Crippen LogP contribution in [0, 0.1) is 34.0 Å². The fourth-order valence-electron chi connectivity index (χ4n) is 5.82. The Morgan fingerprint density at radius 2 is 1.87 bits per heavy atom. The Hall–Kier alpha value is -4.13. The quantitative estimate of drug-likeness (QED) is 0.514. The summed E-state index contributed by atoms with van der Waals surface area (Å²) in [5, 5.41) is 26.0. The van der Waals surface area contributed by atoms with Crippen molar-refractivity contribution < 1.29 is 9.59 Å². The second kappa shape index (κ2) is 9.31. The van der Waals surface area contributed by atoms with Gasteiger partial charge in [0.15, 0.2) is 6.04 Å². The predicted octanol–water partition coefficient (Wildman–Crippen LogP) is 3.11. The number of nitriles is 1. The molecule has 1 saturated carbocycles. The lowest BCUT2D eigenvalue weighted by atomic mass is 9.85. The number of carbonyl (C=O) groups is 2. The van der Waals surface area contributed by atoms with Gasteiger partial charge in [0, 0.05) is 17.3 Å². The summed E-state index contributed by atoms with van der Waals surface area (Å²) in [5.41, 5.74) is 0.493. The second-order valence-corrected chi connectivity index (χ2v) is 11.8. The van der Waals surface area contributed by atoms with E-state index in [1.165, 1.54) is 6.33 Å². The van der Waals surface area contributed by atoms with Crippen LogP contribution in [0.25, 0.3) is 10.8 Å². The van der Waals surface area contributed by atoms with Crippen molar-refractivity contribution in [1.82, 2.24) is 30.4 Å². The van der Waals surface area contributed by atoms with Gasteiger partial charge in [-0.1, -0.05) is 58.9 Å². The maximum Gasteiger partial charge on any atom is 0.246 e. The summed E-state index contributed by atoms with van der Waals surface area (Å²) in [6, 6.07) is 7.34. The summed E-state index contributed by atoms with van der Waals surface area (Å²) in [4.78, 5) is 37.7. The number of hydrogen-bond donors (Lipinski definition) is 2. The molecule has 0 spiro atoms. The standard InChI is InChI=1S/C28H32N8O2/c1-27(2,3)24(33-17-12-30-15-31-13-17)26(38)36-14-19-21(28(19,4)5)23(36)25(37)34-20(10-29)22-18-9-7-6-8-16(18)11-32-35-22/h6-9,11-13,15,19-21,23-24,33H,14H2,1-5H3,(H,34,37)/t19-,20?,21-,23-,24?/m0/s1. The first-order chi connectivity index (χ1) is 18.0. The number of likely N-dealkylation sites (tertiary alicyclic amines) is 1. The van der Waals surface area contributed by atoms with Crippen LogP contribution < -0.4 is 10.6 Å². The van der Waals surface area contributed by atoms with Crippen LogP contribution in [0.1, 0.15) is 46.4 Å². The van der Waals surface area contributed by atoms with E-state index in [0.717, 1.165) is 10.8 Å². The van der Waals surface area contributed by atoms with Gasteiger partial charge in [-0.2, -0.15) is 15.5 Å². The number of rotatable bonds is 6. The number of amides is 2. The SMILES string of the molecule is CC(C)(C)C(Nc1cncnc1)C(=O)N1C[C@H]2[C@@H]([C@H]1C(=O)NC(C#N)c1nncc3ccccc13)C2(C)C. The molecular weight excluding hydrogens is 480 g/mol. The van der Waals surface area contributed by atoms with Crippen LogP contribution >= 0.6 is 0 Å². The Labute approximate surface area is 221 Å². The highest BCUT2D eigenvalue weighted by Crippen LogP contribution is 2.65. The molecule has 10 heteroatoms. The zero-order valence-corrected chi connectivity index (χ0v) is 22.2. The van der Waals surface area contributed by atoms with Crippen LogP contribution in [0.15, 0.2) is 49.2 Å². The van der Waals surface area contributed by atoms with E-state index in [0.29, 0.717) is 17.9 Å². The molecule has 0 bridgehead atoms. The van der Waals surface area contributed by atoms with Gasteiger partial charge in [-0.05, 0) is 22.7 Å². The topological polar surface area (TPSA) is 137 Å². The third-order valence-electron chi connectivity index (χ3n) is 8.03. The van der Waals surface area contributed by atoms with Crippen molar-refractivity contribution in [2.45, 2.75) is 52.7 Å². The molecule has 1 aromatic carbocycles. The van der Waals surface area contributed by atoms with Gasteiger partial charge in [0.1, 0.15) is 24.1 Å². The van der Waals surface area contributed by atoms with Crippen molar-refractivity contribution in [3.8, 4) is 6.07 Å². The molecule has 2 aliphatic rings. The third kappa shape index (κ3) is 4.42. The maximum atomic E-state index is 14.0. The Morgan fingerprint density at radius 3 is 2.55 bits per heavy atom. The summed E-state index contributed by atoms with van der Waals surface area (Å²) < 4.78 is 0. The normalized spacial score (nSPS) is 23.2. The van der Waals surface area contributed by atoms with Crippen molar-refractivity contribution in [3.63, 3.8) is 0 Å². The van der Waals surface area contributed by atoms with Gasteiger partial charge in [0.05, 0.1) is 30.3 Å². The molecule has 5 rings (SSSR count). The lowest BCUT2D eigenvalue weighted by Gasteiger charge is -2.38. The van der Waals surface area contributed by atoms with Crippen LogP contribution in [-0.2, 0) is 9.59 Å². The smallest absolute Gasteiger partial charge is 0.246 e. The van der Waals surface area contributed by atoms with Crippen molar-refractivity contribution in [1.29, 1.82) is 5.26 Å². The number of carbonyl (C=O) groups excluding carboxylic acids is 2. The second-order valence-electron chi connectivity index (χ2n) is 11.8. The monoisotopic (exact) mass is 512 g/mol. The molecule has 1 saturated heterocycles. The van der Waals surface area contributed by atoms with Crippen LogP contribution in [0.3, 0.4) is 0 Å². The Bertz CT molecular complexity index is 1410. The highest BCUT2D eigenvalue weighted by Gasteiger charge is 2.69. The van der Waals surface area contributed by atoms with E-state index in [1.54, 1.807) is 23.5 Å². The zero-order chi connectivity index (χ0) is 27.2. The van der Waals surface area contributed by atoms with Crippen molar-refractivity contribution >= 4 is 28.3 Å². The zero-order valence-electron chi connectivity index (χ0n) is 22.2. The molecule has 10 nitrogen and oxygen atoms in total. The predicted molar refractivity (Wildman–Crippen MR) is 141 cm³/mol. The molecule has 3 aromatic rings. The average Bonchev–Trinajstić information content (AvgIpc) is 3.22. The van der Waals surface area contributed by atoms with Gasteiger partial charge in [0.25, 0.3) is 0 Å². The van der Waals surface area contributed by atoms with E-state index in [-0.39, 0.29) is 29.1 Å². The van der Waals surface area contributed by atoms with Gasteiger partial charge in [-0.15, -0.1) is 0 Å². The maximum absolute atomic E-state index is 14.0. The fraction of sp³-hybridized carbons (Fsp3) is 0.464. The molecule has 2 N–H and O–H groups in total. The highest BCUT2D eigenvalue weighted by atomic mass is 16.2. The number of aromatic nitrogens is 4. The first kappa shape index (κ1) is 25.5. The number of nitrogens with one attached hydrogen (secondary N) is 2. The van der Waals surface area contributed by atoms with Gasteiger partial charge in [-0.25, -0.2) is 9.97 Å². The lowest BCUT2D eigenvalue weighted by Crippen LogP contribution is -2.56.